The Balaban J connectivity index is 1.07. The first-order chi connectivity index (χ1) is 17.1. The lowest BCUT2D eigenvalue weighted by molar-refractivity contribution is -0.0110. The molecule has 2 N–H and O–H groups in total. The molecule has 4 aliphatic heterocycles. The van der Waals surface area contributed by atoms with Gasteiger partial charge >= 0.3 is 0 Å². The predicted octanol–water partition coefficient (Wildman–Crippen LogP) is 4.17. The maximum atomic E-state index is 6.08. The summed E-state index contributed by atoms with van der Waals surface area (Å²) in [6.45, 7) is 8.90. The van der Waals surface area contributed by atoms with Gasteiger partial charge in [0, 0.05) is 62.6 Å². The summed E-state index contributed by atoms with van der Waals surface area (Å²) in [6.07, 6.45) is 2.59. The van der Waals surface area contributed by atoms with E-state index in [-0.39, 0.29) is 0 Å². The summed E-state index contributed by atoms with van der Waals surface area (Å²) in [6, 6.07) is 16.6. The number of piperidine rings is 3. The lowest BCUT2D eigenvalue weighted by Crippen LogP contribution is -2.59. The lowest BCUT2D eigenvalue weighted by atomic mass is 9.75. The van der Waals surface area contributed by atoms with Crippen LogP contribution in [0.15, 0.2) is 48.5 Å². The summed E-state index contributed by atoms with van der Waals surface area (Å²) in [7, 11) is 1.76. The van der Waals surface area contributed by atoms with Crippen LogP contribution >= 0.6 is 23.8 Å². The minimum Gasteiger partial charge on any atom is -0.495 e. The van der Waals surface area contributed by atoms with Gasteiger partial charge in [0.05, 0.1) is 12.8 Å². The zero-order chi connectivity index (χ0) is 24.2. The first-order valence-corrected chi connectivity index (χ1v) is 13.5. The van der Waals surface area contributed by atoms with Gasteiger partial charge in [-0.3, -0.25) is 9.80 Å². The maximum absolute atomic E-state index is 6.08. The lowest BCUT2D eigenvalue weighted by Gasteiger charge is -2.51. The standard InChI is InChI=1S/C27H36ClN5OS/c1-34-26-8-3-2-7-25(26)32-13-11-31(12-14-32)18-21-19-33-10-9-20(21)15-24(33)17-29-27(35)30-23-6-4-5-22(28)16-23/h2-8,16,20-21,24H,9-15,17-19H2,1H3,(H2,29,30,35). The molecule has 2 aromatic rings. The number of hydrogen-bond acceptors (Lipinski definition) is 5. The van der Waals surface area contributed by atoms with Crippen LogP contribution in [0.4, 0.5) is 11.4 Å². The minimum atomic E-state index is 0.562. The second-order valence-electron chi connectivity index (χ2n) is 10.00. The third kappa shape index (κ3) is 6.02. The van der Waals surface area contributed by atoms with E-state index in [4.69, 9.17) is 28.6 Å². The van der Waals surface area contributed by atoms with Gasteiger partial charge in [-0.05, 0) is 73.8 Å². The second kappa shape index (κ2) is 11.3. The number of methoxy groups -OCH3 is 1. The SMILES string of the molecule is COc1ccccc1N1CCN(CC2CN3CCC2CC3CNC(=S)Nc2cccc(Cl)c2)CC1. The Bertz CT molecular complexity index is 1010. The van der Waals surface area contributed by atoms with Gasteiger partial charge in [-0.2, -0.15) is 0 Å². The number of benzene rings is 2. The van der Waals surface area contributed by atoms with Crippen LogP contribution in [0.3, 0.4) is 0 Å². The minimum absolute atomic E-state index is 0.562. The van der Waals surface area contributed by atoms with Crippen molar-refractivity contribution in [3.8, 4) is 5.75 Å². The third-order valence-corrected chi connectivity index (χ3v) is 8.37. The van der Waals surface area contributed by atoms with Gasteiger partial charge in [0.15, 0.2) is 5.11 Å². The molecule has 35 heavy (non-hydrogen) atoms. The highest BCUT2D eigenvalue weighted by Crippen LogP contribution is 2.37. The number of ether oxygens (including phenoxy) is 1. The van der Waals surface area contributed by atoms with E-state index in [1.165, 1.54) is 38.2 Å². The van der Waals surface area contributed by atoms with Crippen LogP contribution in [0.25, 0.3) is 0 Å². The van der Waals surface area contributed by atoms with Crippen molar-refractivity contribution in [3.63, 3.8) is 0 Å². The van der Waals surface area contributed by atoms with E-state index in [9.17, 15) is 0 Å². The highest BCUT2D eigenvalue weighted by molar-refractivity contribution is 7.80. The summed E-state index contributed by atoms with van der Waals surface area (Å²) in [5, 5.41) is 8.07. The van der Waals surface area contributed by atoms with Crippen LogP contribution in [0.1, 0.15) is 12.8 Å². The Kier molecular flexibility index (Phi) is 7.97. The molecular formula is C27H36ClN5OS. The van der Waals surface area contributed by atoms with E-state index < -0.39 is 0 Å². The summed E-state index contributed by atoms with van der Waals surface area (Å²) in [5.41, 5.74) is 2.14. The van der Waals surface area contributed by atoms with Gasteiger partial charge in [-0.25, -0.2) is 0 Å². The molecule has 2 aromatic carbocycles. The van der Waals surface area contributed by atoms with Gasteiger partial charge in [-0.15, -0.1) is 0 Å². The fourth-order valence-electron chi connectivity index (χ4n) is 6.01. The van der Waals surface area contributed by atoms with E-state index in [1.807, 2.05) is 30.3 Å². The van der Waals surface area contributed by atoms with Gasteiger partial charge in [0.1, 0.15) is 5.75 Å². The molecule has 0 radical (unpaired) electrons. The van der Waals surface area contributed by atoms with Crippen molar-refractivity contribution in [3.05, 3.63) is 53.6 Å². The van der Waals surface area contributed by atoms with E-state index in [0.29, 0.717) is 16.2 Å². The Hall–Kier alpha value is -2.06. The Morgan fingerprint density at radius 2 is 1.91 bits per heavy atom. The summed E-state index contributed by atoms with van der Waals surface area (Å²) >= 11 is 11.6. The molecule has 4 heterocycles. The molecule has 4 unspecified atom stereocenters. The highest BCUT2D eigenvalue weighted by atomic mass is 35.5. The summed E-state index contributed by atoms with van der Waals surface area (Å²) in [4.78, 5) is 7.83. The molecular weight excluding hydrogens is 478 g/mol. The Morgan fingerprint density at radius 3 is 2.66 bits per heavy atom. The topological polar surface area (TPSA) is 43.0 Å². The molecule has 188 valence electrons. The smallest absolute Gasteiger partial charge is 0.170 e. The van der Waals surface area contributed by atoms with Gasteiger partial charge in [0.25, 0.3) is 0 Å². The van der Waals surface area contributed by atoms with Gasteiger partial charge < -0.3 is 20.3 Å². The van der Waals surface area contributed by atoms with E-state index >= 15 is 0 Å². The number of piperazine rings is 1. The number of anilines is 2. The number of fused-ring (bicyclic) bond motifs is 3. The molecule has 4 fully saturated rings. The number of halogens is 1. The van der Waals surface area contributed by atoms with Gasteiger partial charge in [-0.1, -0.05) is 29.8 Å². The van der Waals surface area contributed by atoms with Crippen molar-refractivity contribution in [2.75, 3.05) is 69.7 Å². The van der Waals surface area contributed by atoms with Gasteiger partial charge in [0.2, 0.25) is 0 Å². The molecule has 8 heteroatoms. The van der Waals surface area contributed by atoms with Crippen molar-refractivity contribution in [2.24, 2.45) is 11.8 Å². The van der Waals surface area contributed by atoms with Crippen LogP contribution in [-0.2, 0) is 0 Å². The van der Waals surface area contributed by atoms with Crippen molar-refractivity contribution in [1.82, 2.24) is 15.1 Å². The zero-order valence-corrected chi connectivity index (χ0v) is 22.0. The number of rotatable bonds is 7. The quantitative estimate of drug-likeness (QED) is 0.539. The molecule has 0 aliphatic carbocycles. The molecule has 6 nitrogen and oxygen atoms in total. The highest BCUT2D eigenvalue weighted by Gasteiger charge is 2.40. The molecule has 4 atom stereocenters. The normalized spacial score (nSPS) is 26.4. The average molecular weight is 514 g/mol. The number of nitrogens with zero attached hydrogens (tertiary/aromatic N) is 3. The van der Waals surface area contributed by atoms with Crippen molar-refractivity contribution in [2.45, 2.75) is 18.9 Å². The Morgan fingerprint density at radius 1 is 1.09 bits per heavy atom. The number of thiocarbonyl (C=S) groups is 1. The van der Waals surface area contributed by atoms with E-state index in [0.717, 1.165) is 56.0 Å². The molecule has 4 aliphatic rings. The number of hydrogen-bond donors (Lipinski definition) is 2. The number of nitrogens with one attached hydrogen (secondary N) is 2. The molecule has 4 saturated heterocycles. The average Bonchev–Trinajstić information content (AvgIpc) is 2.88. The van der Waals surface area contributed by atoms with E-state index in [1.54, 1.807) is 7.11 Å². The molecule has 0 amide bonds. The third-order valence-electron chi connectivity index (χ3n) is 7.89. The largest absolute Gasteiger partial charge is 0.495 e. The van der Waals surface area contributed by atoms with Crippen LogP contribution in [0, 0.1) is 11.8 Å². The molecule has 0 saturated carbocycles. The van der Waals surface area contributed by atoms with Crippen LogP contribution in [0.2, 0.25) is 5.02 Å². The molecule has 2 bridgehead atoms. The van der Waals surface area contributed by atoms with Crippen LogP contribution in [0.5, 0.6) is 5.75 Å². The first-order valence-electron chi connectivity index (χ1n) is 12.7. The van der Waals surface area contributed by atoms with Crippen LogP contribution < -0.4 is 20.3 Å². The van der Waals surface area contributed by atoms with E-state index in [2.05, 4.69) is 43.5 Å². The second-order valence-corrected chi connectivity index (χ2v) is 10.8. The molecule has 0 aromatic heterocycles. The van der Waals surface area contributed by atoms with Crippen LogP contribution in [-0.4, -0.2) is 80.4 Å². The fourth-order valence-corrected chi connectivity index (χ4v) is 6.41. The first kappa shape index (κ1) is 24.6. The zero-order valence-electron chi connectivity index (χ0n) is 20.5. The van der Waals surface area contributed by atoms with Crippen molar-refractivity contribution in [1.29, 1.82) is 0 Å². The molecule has 6 rings (SSSR count). The van der Waals surface area contributed by atoms with Crippen molar-refractivity contribution >= 4 is 40.3 Å². The predicted molar refractivity (Wildman–Crippen MR) is 149 cm³/mol. The monoisotopic (exact) mass is 513 g/mol. The Labute approximate surface area is 219 Å². The fraction of sp³-hybridized carbons (Fsp3) is 0.519. The summed E-state index contributed by atoms with van der Waals surface area (Å²) in [5.74, 6) is 2.56. The molecule has 0 spiro atoms. The van der Waals surface area contributed by atoms with Crippen molar-refractivity contribution < 1.29 is 4.74 Å². The summed E-state index contributed by atoms with van der Waals surface area (Å²) < 4.78 is 5.58. The number of para-hydroxylation sites is 2. The maximum Gasteiger partial charge on any atom is 0.170 e.